The number of fused-ring (bicyclic) bond motifs is 1. The van der Waals surface area contributed by atoms with Crippen LogP contribution >= 0.6 is 0 Å². The van der Waals surface area contributed by atoms with Gasteiger partial charge in [0, 0.05) is 29.6 Å². The molecule has 35 heavy (non-hydrogen) atoms. The number of nitro groups is 2. The molecule has 1 heterocycles. The minimum Gasteiger partial charge on any atom is -0.481 e. The molecule has 0 unspecified atom stereocenters. The van der Waals surface area contributed by atoms with E-state index < -0.39 is 33.1 Å². The molecule has 3 aromatic carbocycles. The van der Waals surface area contributed by atoms with Gasteiger partial charge in [-0.3, -0.25) is 30.4 Å². The fourth-order valence-electron chi connectivity index (χ4n) is 3.77. The number of rotatable bonds is 9. The molecule has 0 aliphatic heterocycles. The van der Waals surface area contributed by atoms with E-state index in [9.17, 15) is 30.1 Å². The number of nitrogens with one attached hydrogen (secondary N) is 2. The lowest BCUT2D eigenvalue weighted by molar-refractivity contribution is -0.393. The average molecular weight is 473 g/mol. The highest BCUT2D eigenvalue weighted by molar-refractivity contribution is 6.04. The zero-order chi connectivity index (χ0) is 24.9. The second-order valence-corrected chi connectivity index (χ2v) is 7.64. The van der Waals surface area contributed by atoms with Crippen LogP contribution in [0.2, 0.25) is 0 Å². The number of aliphatic carboxylic acids is 1. The molecular weight excluding hydrogens is 454 g/mol. The van der Waals surface area contributed by atoms with Crippen molar-refractivity contribution in [2.45, 2.75) is 12.3 Å². The third-order valence-corrected chi connectivity index (χ3v) is 5.50. The number of carboxylic acids is 1. The number of aromatic amines is 1. The van der Waals surface area contributed by atoms with Crippen LogP contribution in [0.3, 0.4) is 0 Å². The summed E-state index contributed by atoms with van der Waals surface area (Å²) in [6.07, 6.45) is 1.63. The topological polar surface area (TPSA) is 164 Å². The molecule has 0 spiro atoms. The second-order valence-electron chi connectivity index (χ2n) is 7.64. The minimum absolute atomic E-state index is 0.0189. The molecule has 0 saturated heterocycles. The third kappa shape index (κ3) is 4.98. The zero-order valence-corrected chi connectivity index (χ0v) is 18.1. The number of nitrogens with zero attached hydrogens (tertiary/aromatic N) is 3. The molecular formula is C24H19N5O6. The van der Waals surface area contributed by atoms with Crippen LogP contribution in [0.15, 0.2) is 84.1 Å². The highest BCUT2D eigenvalue weighted by Crippen LogP contribution is 2.31. The summed E-state index contributed by atoms with van der Waals surface area (Å²) in [4.78, 5) is 36.4. The van der Waals surface area contributed by atoms with Gasteiger partial charge in [-0.05, 0) is 23.3 Å². The number of hydrazone groups is 1. The van der Waals surface area contributed by atoms with Crippen LogP contribution in [0.4, 0.5) is 17.1 Å². The smallest absolute Gasteiger partial charge is 0.311 e. The van der Waals surface area contributed by atoms with Crippen LogP contribution in [-0.4, -0.2) is 31.6 Å². The molecule has 0 saturated carbocycles. The minimum atomic E-state index is -1.06. The highest BCUT2D eigenvalue weighted by atomic mass is 16.6. The maximum Gasteiger partial charge on any atom is 0.311 e. The van der Waals surface area contributed by atoms with Gasteiger partial charge in [0.25, 0.3) is 5.69 Å². The predicted octanol–water partition coefficient (Wildman–Crippen LogP) is 5.06. The lowest BCUT2D eigenvalue weighted by atomic mass is 9.91. The summed E-state index contributed by atoms with van der Waals surface area (Å²) >= 11 is 0. The number of non-ortho nitro benzene ring substituents is 1. The summed E-state index contributed by atoms with van der Waals surface area (Å²) in [6, 6.07) is 19.3. The first-order chi connectivity index (χ1) is 16.8. The Hall–Kier alpha value is -5.06. The summed E-state index contributed by atoms with van der Waals surface area (Å²) in [5.74, 6) is -2.02. The van der Waals surface area contributed by atoms with Gasteiger partial charge in [0.2, 0.25) is 0 Å². The Bertz CT molecular complexity index is 1450. The van der Waals surface area contributed by atoms with Crippen LogP contribution in [0.1, 0.15) is 23.5 Å². The fourth-order valence-corrected chi connectivity index (χ4v) is 3.77. The first-order valence-electron chi connectivity index (χ1n) is 10.4. The van der Waals surface area contributed by atoms with E-state index in [0.717, 1.165) is 23.0 Å². The van der Waals surface area contributed by atoms with Crippen molar-refractivity contribution in [3.63, 3.8) is 0 Å². The maximum atomic E-state index is 12.3. The monoisotopic (exact) mass is 473 g/mol. The Morgan fingerprint density at radius 3 is 2.40 bits per heavy atom. The van der Waals surface area contributed by atoms with Gasteiger partial charge in [0.05, 0.1) is 27.5 Å². The van der Waals surface area contributed by atoms with Gasteiger partial charge in [0.15, 0.2) is 0 Å². The standard InChI is InChI=1S/C24H19N5O6/c30-24(31)18(19-14-25-20-9-5-4-8-17(19)20)13-22(15-6-2-1-3-7-15)27-26-21-11-10-16(28(32)33)12-23(21)29(34)35/h1-12,14,18,25-26H,13H2,(H,30,31)/b27-22+/t18-/m1/s1. The molecule has 1 aromatic heterocycles. The summed E-state index contributed by atoms with van der Waals surface area (Å²) in [5, 5.41) is 37.6. The van der Waals surface area contributed by atoms with E-state index in [2.05, 4.69) is 15.5 Å². The number of hydrogen-bond acceptors (Lipinski definition) is 7. The SMILES string of the molecule is O=C(O)[C@H](C/C(=N\Nc1ccc([N+](=O)[O-])cc1[N+](=O)[O-])c1ccccc1)c1c[nH]c2ccccc12. The van der Waals surface area contributed by atoms with Gasteiger partial charge in [-0.15, -0.1) is 0 Å². The van der Waals surface area contributed by atoms with Crippen molar-refractivity contribution in [2.75, 3.05) is 5.43 Å². The van der Waals surface area contributed by atoms with Crippen LogP contribution in [0.25, 0.3) is 10.9 Å². The number of benzene rings is 3. The van der Waals surface area contributed by atoms with E-state index in [-0.39, 0.29) is 12.1 Å². The molecule has 0 bridgehead atoms. The van der Waals surface area contributed by atoms with Crippen molar-refractivity contribution >= 4 is 39.6 Å². The first-order valence-corrected chi connectivity index (χ1v) is 10.4. The van der Waals surface area contributed by atoms with Crippen molar-refractivity contribution in [2.24, 2.45) is 5.10 Å². The van der Waals surface area contributed by atoms with E-state index in [0.29, 0.717) is 16.8 Å². The summed E-state index contributed by atoms with van der Waals surface area (Å²) < 4.78 is 0. The molecule has 11 heteroatoms. The van der Waals surface area contributed by atoms with Crippen LogP contribution in [-0.2, 0) is 4.79 Å². The quantitative estimate of drug-likeness (QED) is 0.174. The van der Waals surface area contributed by atoms with Gasteiger partial charge in [-0.1, -0.05) is 48.5 Å². The number of H-pyrrole nitrogens is 1. The predicted molar refractivity (Wildman–Crippen MR) is 130 cm³/mol. The largest absolute Gasteiger partial charge is 0.481 e. The van der Waals surface area contributed by atoms with Crippen molar-refractivity contribution < 1.29 is 19.7 Å². The Balaban J connectivity index is 1.74. The molecule has 4 aromatic rings. The van der Waals surface area contributed by atoms with Gasteiger partial charge in [-0.2, -0.15) is 5.10 Å². The van der Waals surface area contributed by atoms with Crippen molar-refractivity contribution in [1.29, 1.82) is 0 Å². The van der Waals surface area contributed by atoms with Gasteiger partial charge in [-0.25, -0.2) is 0 Å². The summed E-state index contributed by atoms with van der Waals surface area (Å²) in [5.41, 5.74) is 3.93. The number of hydrogen-bond donors (Lipinski definition) is 3. The Labute approximate surface area is 198 Å². The molecule has 0 aliphatic rings. The lowest BCUT2D eigenvalue weighted by Crippen LogP contribution is -2.18. The number of nitro benzene ring substituents is 2. The summed E-state index contributed by atoms with van der Waals surface area (Å²) in [7, 11) is 0. The maximum absolute atomic E-state index is 12.3. The van der Waals surface area contributed by atoms with Crippen molar-refractivity contribution in [3.05, 3.63) is 110 Å². The molecule has 3 N–H and O–H groups in total. The number of aromatic nitrogens is 1. The van der Waals surface area contributed by atoms with Crippen LogP contribution < -0.4 is 5.43 Å². The van der Waals surface area contributed by atoms with Gasteiger partial charge >= 0.3 is 11.7 Å². The Kier molecular flexibility index (Phi) is 6.49. The molecule has 1 atom stereocenters. The molecule has 11 nitrogen and oxygen atoms in total. The molecule has 0 fully saturated rings. The van der Waals surface area contributed by atoms with Crippen LogP contribution in [0.5, 0.6) is 0 Å². The molecule has 176 valence electrons. The van der Waals surface area contributed by atoms with E-state index in [1.165, 1.54) is 6.07 Å². The van der Waals surface area contributed by atoms with E-state index in [1.54, 1.807) is 36.5 Å². The average Bonchev–Trinajstić information content (AvgIpc) is 3.28. The van der Waals surface area contributed by atoms with Crippen molar-refractivity contribution in [3.8, 4) is 0 Å². The third-order valence-electron chi connectivity index (χ3n) is 5.50. The first kappa shape index (κ1) is 23.1. The highest BCUT2D eigenvalue weighted by Gasteiger charge is 2.26. The molecule has 0 aliphatic carbocycles. The number of carbonyl (C=O) groups is 1. The Morgan fingerprint density at radius 1 is 1.00 bits per heavy atom. The van der Waals surface area contributed by atoms with E-state index >= 15 is 0 Å². The number of para-hydroxylation sites is 1. The van der Waals surface area contributed by atoms with Gasteiger partial charge < -0.3 is 10.1 Å². The second kappa shape index (κ2) is 9.83. The van der Waals surface area contributed by atoms with Gasteiger partial charge in [0.1, 0.15) is 5.69 Å². The van der Waals surface area contributed by atoms with E-state index in [4.69, 9.17) is 0 Å². The number of carboxylic acid groups (broad SMARTS) is 1. The summed E-state index contributed by atoms with van der Waals surface area (Å²) in [6.45, 7) is 0. The lowest BCUT2D eigenvalue weighted by Gasteiger charge is -2.15. The Morgan fingerprint density at radius 2 is 1.71 bits per heavy atom. The van der Waals surface area contributed by atoms with Crippen LogP contribution in [0, 0.1) is 20.2 Å². The van der Waals surface area contributed by atoms with E-state index in [1.807, 2.05) is 24.3 Å². The zero-order valence-electron chi connectivity index (χ0n) is 18.1. The van der Waals surface area contributed by atoms with Crippen molar-refractivity contribution in [1.82, 2.24) is 4.98 Å². The normalized spacial score (nSPS) is 12.3. The molecule has 0 amide bonds. The number of anilines is 1. The molecule has 4 rings (SSSR count). The molecule has 0 radical (unpaired) electrons. The fraction of sp³-hybridized carbons (Fsp3) is 0.0833.